The van der Waals surface area contributed by atoms with E-state index in [1.165, 1.54) is 26.7 Å². The summed E-state index contributed by atoms with van der Waals surface area (Å²) in [4.78, 5) is 34.2. The molecule has 3 amide bonds. The molecule has 112 valence electrons. The van der Waals surface area contributed by atoms with Crippen molar-refractivity contribution in [1.29, 1.82) is 0 Å². The van der Waals surface area contributed by atoms with Crippen molar-refractivity contribution < 1.29 is 19.5 Å². The van der Waals surface area contributed by atoms with Crippen molar-refractivity contribution >= 4 is 17.9 Å². The van der Waals surface area contributed by atoms with Gasteiger partial charge in [-0.2, -0.15) is 0 Å². The number of urea groups is 1. The zero-order chi connectivity index (χ0) is 15.3. The number of carboxylic acid groups (broad SMARTS) is 1. The van der Waals surface area contributed by atoms with Gasteiger partial charge in [0.1, 0.15) is 0 Å². The van der Waals surface area contributed by atoms with Crippen LogP contribution in [0.25, 0.3) is 0 Å². The molecule has 0 bridgehead atoms. The molecule has 1 fully saturated rings. The fourth-order valence-electron chi connectivity index (χ4n) is 1.83. The predicted octanol–water partition coefficient (Wildman–Crippen LogP) is 1.81. The Bertz CT molecular complexity index is 438. The molecule has 6 nitrogen and oxygen atoms in total. The largest absolute Gasteiger partial charge is 0.478 e. The number of carbonyl (C=O) groups is 3. The summed E-state index contributed by atoms with van der Waals surface area (Å²) in [5.74, 6) is -1.16. The van der Waals surface area contributed by atoms with E-state index in [4.69, 9.17) is 5.11 Å². The molecule has 1 unspecified atom stereocenters. The van der Waals surface area contributed by atoms with Crippen LogP contribution in [-0.4, -0.2) is 29.1 Å². The Hall–Kier alpha value is -1.85. The van der Waals surface area contributed by atoms with Crippen LogP contribution in [0.5, 0.6) is 0 Å². The fourth-order valence-corrected chi connectivity index (χ4v) is 1.83. The topological polar surface area (TPSA) is 95.5 Å². The smallest absolute Gasteiger partial charge is 0.331 e. The van der Waals surface area contributed by atoms with Crippen LogP contribution in [0.3, 0.4) is 0 Å². The van der Waals surface area contributed by atoms with Crippen LogP contribution in [0.2, 0.25) is 0 Å². The lowest BCUT2D eigenvalue weighted by Gasteiger charge is -2.16. The van der Waals surface area contributed by atoms with E-state index in [0.29, 0.717) is 5.92 Å². The molecule has 1 aliphatic carbocycles. The number of nitrogens with one attached hydrogen (secondary N) is 2. The van der Waals surface area contributed by atoms with Crippen molar-refractivity contribution in [3.63, 3.8) is 0 Å². The van der Waals surface area contributed by atoms with Gasteiger partial charge >= 0.3 is 12.0 Å². The fraction of sp³-hybridized carbons (Fsp3) is 0.643. The summed E-state index contributed by atoms with van der Waals surface area (Å²) in [5, 5.41) is 13.7. The molecular weight excluding hydrogens is 260 g/mol. The van der Waals surface area contributed by atoms with Gasteiger partial charge in [0.2, 0.25) is 0 Å². The molecule has 0 saturated heterocycles. The van der Waals surface area contributed by atoms with Gasteiger partial charge in [-0.15, -0.1) is 0 Å². The highest BCUT2D eigenvalue weighted by atomic mass is 16.4. The third kappa shape index (κ3) is 5.03. The van der Waals surface area contributed by atoms with Crippen LogP contribution in [0.15, 0.2) is 11.1 Å². The summed E-state index contributed by atoms with van der Waals surface area (Å²) in [6, 6.07) is -0.514. The normalized spacial score (nSPS) is 16.9. The number of hydrogen-bond donors (Lipinski definition) is 3. The van der Waals surface area contributed by atoms with Gasteiger partial charge in [-0.1, -0.05) is 19.8 Å². The van der Waals surface area contributed by atoms with Crippen LogP contribution in [0.1, 0.15) is 46.5 Å². The molecule has 1 saturated carbocycles. The molecule has 0 aromatic carbocycles. The predicted molar refractivity (Wildman–Crippen MR) is 74.1 cm³/mol. The molecule has 1 aliphatic rings. The number of imide groups is 1. The molecule has 20 heavy (non-hydrogen) atoms. The van der Waals surface area contributed by atoms with E-state index in [9.17, 15) is 14.4 Å². The van der Waals surface area contributed by atoms with Crippen LogP contribution in [0.4, 0.5) is 4.79 Å². The molecule has 0 aromatic rings. The first-order valence-corrected chi connectivity index (χ1v) is 6.87. The Morgan fingerprint density at radius 1 is 1.20 bits per heavy atom. The minimum atomic E-state index is -1.17. The van der Waals surface area contributed by atoms with E-state index in [0.717, 1.165) is 12.8 Å². The quantitative estimate of drug-likeness (QED) is 0.647. The molecule has 3 N–H and O–H groups in total. The van der Waals surface area contributed by atoms with Gasteiger partial charge in [-0.25, -0.2) is 9.59 Å². The number of carbonyl (C=O) groups excluding carboxylic acids is 2. The first kappa shape index (κ1) is 16.2. The second-order valence-electron chi connectivity index (χ2n) is 5.27. The van der Waals surface area contributed by atoms with Crippen molar-refractivity contribution in [2.24, 2.45) is 5.92 Å². The molecule has 1 rings (SSSR count). The van der Waals surface area contributed by atoms with E-state index >= 15 is 0 Å². The molecule has 0 aromatic heterocycles. The molecule has 0 spiro atoms. The van der Waals surface area contributed by atoms with Crippen molar-refractivity contribution in [3.8, 4) is 0 Å². The van der Waals surface area contributed by atoms with Gasteiger partial charge < -0.3 is 10.4 Å². The van der Waals surface area contributed by atoms with Gasteiger partial charge in [0.05, 0.1) is 0 Å². The first-order chi connectivity index (χ1) is 9.35. The molecule has 6 heteroatoms. The van der Waals surface area contributed by atoms with Gasteiger partial charge in [0.25, 0.3) is 5.91 Å². The Morgan fingerprint density at radius 3 is 2.25 bits per heavy atom. The van der Waals surface area contributed by atoms with Crippen LogP contribution >= 0.6 is 0 Å². The number of rotatable bonds is 6. The lowest BCUT2D eigenvalue weighted by atomic mass is 10.1. The summed E-state index contributed by atoms with van der Waals surface area (Å²) in [5.41, 5.74) is -0.0387. The third-order valence-electron chi connectivity index (χ3n) is 3.59. The average Bonchev–Trinajstić information content (AvgIpc) is 3.19. The second-order valence-corrected chi connectivity index (χ2v) is 5.27. The number of carboxylic acids is 1. The molecule has 1 atom stereocenters. The maximum absolute atomic E-state index is 11.7. The monoisotopic (exact) mass is 282 g/mol. The Labute approximate surface area is 118 Å². The summed E-state index contributed by atoms with van der Waals surface area (Å²) in [7, 11) is 0. The molecular formula is C14H22N2O4. The first-order valence-electron chi connectivity index (χ1n) is 6.87. The summed E-state index contributed by atoms with van der Waals surface area (Å²) in [6.07, 6.45) is 4.15. The van der Waals surface area contributed by atoms with Crippen molar-refractivity contribution in [2.45, 2.75) is 52.5 Å². The van der Waals surface area contributed by atoms with Gasteiger partial charge in [-0.3, -0.25) is 10.1 Å². The van der Waals surface area contributed by atoms with E-state index in [-0.39, 0.29) is 17.2 Å². The summed E-state index contributed by atoms with van der Waals surface area (Å²) < 4.78 is 0. The van der Waals surface area contributed by atoms with Crippen LogP contribution in [-0.2, 0) is 9.59 Å². The molecule has 0 aliphatic heterocycles. The minimum absolute atomic E-state index is 0.0305. The number of amides is 3. The van der Waals surface area contributed by atoms with Gasteiger partial charge in [0, 0.05) is 17.2 Å². The maximum atomic E-state index is 11.7. The summed E-state index contributed by atoms with van der Waals surface area (Å²) in [6.45, 7) is 4.69. The average molecular weight is 282 g/mol. The van der Waals surface area contributed by atoms with Gasteiger partial charge in [-0.05, 0) is 32.6 Å². The van der Waals surface area contributed by atoms with Gasteiger partial charge in [0.15, 0.2) is 0 Å². The third-order valence-corrected chi connectivity index (χ3v) is 3.59. The Balaban J connectivity index is 2.50. The maximum Gasteiger partial charge on any atom is 0.331 e. The van der Waals surface area contributed by atoms with E-state index in [1.807, 2.05) is 6.92 Å². The van der Waals surface area contributed by atoms with E-state index in [1.54, 1.807) is 0 Å². The Kier molecular flexibility index (Phi) is 5.73. The van der Waals surface area contributed by atoms with Crippen LogP contribution in [0, 0.1) is 5.92 Å². The highest BCUT2D eigenvalue weighted by Gasteiger charge is 2.26. The van der Waals surface area contributed by atoms with Crippen molar-refractivity contribution in [1.82, 2.24) is 10.6 Å². The zero-order valence-corrected chi connectivity index (χ0v) is 12.2. The lowest BCUT2D eigenvalue weighted by molar-refractivity contribution is -0.133. The SMILES string of the molecule is CCC(CC1CC1)NC(=O)NC(=O)C(C)=C(C)C(=O)O. The molecule has 0 radical (unpaired) electrons. The highest BCUT2D eigenvalue weighted by Crippen LogP contribution is 2.33. The number of hydrogen-bond acceptors (Lipinski definition) is 3. The van der Waals surface area contributed by atoms with E-state index in [2.05, 4.69) is 10.6 Å². The minimum Gasteiger partial charge on any atom is -0.478 e. The van der Waals surface area contributed by atoms with Crippen molar-refractivity contribution in [2.75, 3.05) is 0 Å². The van der Waals surface area contributed by atoms with Crippen molar-refractivity contribution in [3.05, 3.63) is 11.1 Å². The molecule has 0 heterocycles. The van der Waals surface area contributed by atoms with E-state index < -0.39 is 17.9 Å². The standard InChI is InChI=1S/C14H22N2O4/c1-4-11(7-10-5-6-10)15-14(20)16-12(17)8(2)9(3)13(18)19/h10-11H,4-7H2,1-3H3,(H,18,19)(H2,15,16,17,20). The number of aliphatic carboxylic acids is 1. The zero-order valence-electron chi connectivity index (χ0n) is 12.2. The Morgan fingerprint density at radius 2 is 1.80 bits per heavy atom. The summed E-state index contributed by atoms with van der Waals surface area (Å²) >= 11 is 0. The van der Waals surface area contributed by atoms with Crippen LogP contribution < -0.4 is 10.6 Å². The highest BCUT2D eigenvalue weighted by molar-refractivity contribution is 6.07. The lowest BCUT2D eigenvalue weighted by Crippen LogP contribution is -2.45. The second kappa shape index (κ2) is 7.07.